The molecule has 3 heterocycles. The molecule has 0 unspecified atom stereocenters. The molecule has 1 aliphatic heterocycles. The zero-order valence-corrected chi connectivity index (χ0v) is 20.7. The van der Waals surface area contributed by atoms with Crippen LogP contribution in [-0.2, 0) is 11.8 Å². The summed E-state index contributed by atoms with van der Waals surface area (Å²) in [4.78, 5) is 27.8. The Morgan fingerprint density at radius 2 is 1.91 bits per heavy atom. The number of hydrogen-bond acceptors (Lipinski definition) is 7. The summed E-state index contributed by atoms with van der Waals surface area (Å²) >= 11 is 12.5. The number of piperazine rings is 1. The van der Waals surface area contributed by atoms with Gasteiger partial charge in [0.05, 0.1) is 18.8 Å². The maximum atomic E-state index is 12.4. The molecular weight excluding hydrogens is 463 g/mol. The van der Waals surface area contributed by atoms with Gasteiger partial charge < -0.3 is 20.0 Å². The Kier molecular flexibility index (Phi) is 6.92. The molecule has 1 aromatic carbocycles. The van der Waals surface area contributed by atoms with Gasteiger partial charge in [-0.05, 0) is 38.7 Å². The molecule has 1 atom stereocenters. The summed E-state index contributed by atoms with van der Waals surface area (Å²) in [5.41, 5.74) is 2.36. The molecule has 1 saturated heterocycles. The molecule has 0 bridgehead atoms. The van der Waals surface area contributed by atoms with Gasteiger partial charge in [0.2, 0.25) is 11.9 Å². The first-order valence-electron chi connectivity index (χ1n) is 10.8. The molecule has 1 N–H and O–H groups in total. The van der Waals surface area contributed by atoms with Crippen LogP contribution in [0.25, 0.3) is 11.0 Å². The van der Waals surface area contributed by atoms with Crippen LogP contribution in [0.4, 0.5) is 11.8 Å². The van der Waals surface area contributed by atoms with Crippen molar-refractivity contribution in [2.45, 2.75) is 13.0 Å². The minimum atomic E-state index is -0.122. The van der Waals surface area contributed by atoms with E-state index in [1.54, 1.807) is 10.7 Å². The molecule has 0 saturated carbocycles. The van der Waals surface area contributed by atoms with E-state index in [0.29, 0.717) is 60.1 Å². The molecule has 1 amide bonds. The van der Waals surface area contributed by atoms with Crippen molar-refractivity contribution in [3.8, 4) is 0 Å². The molecule has 11 heteroatoms. The fourth-order valence-corrected chi connectivity index (χ4v) is 4.49. The van der Waals surface area contributed by atoms with Gasteiger partial charge in [-0.25, -0.2) is 4.98 Å². The third kappa shape index (κ3) is 5.31. The van der Waals surface area contributed by atoms with Gasteiger partial charge in [0.1, 0.15) is 5.52 Å². The summed E-state index contributed by atoms with van der Waals surface area (Å²) in [6, 6.07) is 5.34. The molecule has 4 rings (SSSR count). The number of amides is 1. The maximum absolute atomic E-state index is 12.4. The molecule has 1 aliphatic rings. The van der Waals surface area contributed by atoms with Crippen molar-refractivity contribution in [2.24, 2.45) is 7.05 Å². The van der Waals surface area contributed by atoms with Gasteiger partial charge in [0.25, 0.3) is 0 Å². The Morgan fingerprint density at radius 1 is 1.18 bits per heavy atom. The highest BCUT2D eigenvalue weighted by atomic mass is 35.5. The van der Waals surface area contributed by atoms with Gasteiger partial charge >= 0.3 is 0 Å². The van der Waals surface area contributed by atoms with Gasteiger partial charge in [-0.15, -0.1) is 0 Å². The highest BCUT2D eigenvalue weighted by molar-refractivity contribution is 6.35. The maximum Gasteiger partial charge on any atom is 0.236 e. The predicted molar refractivity (Wildman–Crippen MR) is 132 cm³/mol. The minimum Gasteiger partial charge on any atom is -0.361 e. The summed E-state index contributed by atoms with van der Waals surface area (Å²) < 4.78 is 1.73. The van der Waals surface area contributed by atoms with Gasteiger partial charge in [-0.3, -0.25) is 9.48 Å². The predicted octanol–water partition coefficient (Wildman–Crippen LogP) is 3.05. The Labute approximate surface area is 203 Å². The lowest BCUT2D eigenvalue weighted by molar-refractivity contribution is -0.132. The van der Waals surface area contributed by atoms with Gasteiger partial charge in [-0.2, -0.15) is 10.1 Å². The van der Waals surface area contributed by atoms with E-state index in [4.69, 9.17) is 33.2 Å². The van der Waals surface area contributed by atoms with E-state index in [2.05, 4.69) is 15.3 Å². The number of nitrogens with one attached hydrogen (secondary N) is 1. The topological polar surface area (TPSA) is 82.4 Å². The normalized spacial score (nSPS) is 15.4. The van der Waals surface area contributed by atoms with Crippen LogP contribution in [0.1, 0.15) is 18.5 Å². The Morgan fingerprint density at radius 3 is 2.58 bits per heavy atom. The van der Waals surface area contributed by atoms with E-state index in [-0.39, 0.29) is 11.9 Å². The minimum absolute atomic E-state index is 0.122. The molecule has 1 fully saturated rings. The quantitative estimate of drug-likeness (QED) is 0.568. The SMILES string of the molecule is C[C@@H](Nc1nc(N2CCN(C(=O)CN(C)C)CC2)nc2cn(C)nc12)c1ccc(Cl)cc1Cl. The number of fused-ring (bicyclic) bond motifs is 1. The molecule has 2 aromatic heterocycles. The second-order valence-electron chi connectivity index (χ2n) is 8.55. The van der Waals surface area contributed by atoms with E-state index in [0.717, 1.165) is 11.1 Å². The fourth-order valence-electron chi connectivity index (χ4n) is 3.92. The van der Waals surface area contributed by atoms with E-state index in [9.17, 15) is 4.79 Å². The van der Waals surface area contributed by atoms with Crippen molar-refractivity contribution in [3.05, 3.63) is 40.0 Å². The lowest BCUT2D eigenvalue weighted by Crippen LogP contribution is -2.51. The van der Waals surface area contributed by atoms with Crippen molar-refractivity contribution < 1.29 is 4.79 Å². The number of nitrogens with zero attached hydrogens (tertiary/aromatic N) is 7. The summed E-state index contributed by atoms with van der Waals surface area (Å²) in [7, 11) is 5.66. The van der Waals surface area contributed by atoms with Gasteiger partial charge in [0, 0.05) is 43.3 Å². The second kappa shape index (κ2) is 9.70. The summed E-state index contributed by atoms with van der Waals surface area (Å²) in [6.07, 6.45) is 1.88. The van der Waals surface area contributed by atoms with Gasteiger partial charge in [0.15, 0.2) is 11.3 Å². The standard InChI is InChI=1S/C22H28Cl2N8O/c1-14(16-6-5-15(23)11-17(16)24)25-21-20-18(12-30(4)28-20)26-22(27-21)32-9-7-31(8-10-32)19(33)13-29(2)3/h5-6,11-12,14H,7-10,13H2,1-4H3,(H,25,26,27)/t14-/m1/s1. The third-order valence-corrected chi connectivity index (χ3v) is 6.18. The lowest BCUT2D eigenvalue weighted by atomic mass is 10.1. The number of rotatable bonds is 6. The van der Waals surface area contributed by atoms with E-state index < -0.39 is 0 Å². The highest BCUT2D eigenvalue weighted by Gasteiger charge is 2.24. The lowest BCUT2D eigenvalue weighted by Gasteiger charge is -2.35. The Hall–Kier alpha value is -2.62. The van der Waals surface area contributed by atoms with Crippen LogP contribution in [0.2, 0.25) is 10.0 Å². The molecule has 3 aromatic rings. The smallest absolute Gasteiger partial charge is 0.236 e. The average Bonchev–Trinajstić information content (AvgIpc) is 3.13. The number of aromatic nitrogens is 4. The Bertz CT molecular complexity index is 1160. The van der Waals surface area contributed by atoms with Crippen LogP contribution < -0.4 is 10.2 Å². The molecule has 0 aliphatic carbocycles. The third-order valence-electron chi connectivity index (χ3n) is 5.61. The van der Waals surface area contributed by atoms with Crippen LogP contribution in [0.15, 0.2) is 24.4 Å². The molecular formula is C22H28Cl2N8O. The van der Waals surface area contributed by atoms with Crippen molar-refractivity contribution in [2.75, 3.05) is 57.0 Å². The first-order valence-corrected chi connectivity index (χ1v) is 11.6. The number of anilines is 2. The number of likely N-dealkylation sites (N-methyl/N-ethyl adjacent to an activating group) is 1. The second-order valence-corrected chi connectivity index (χ2v) is 9.39. The molecule has 9 nitrogen and oxygen atoms in total. The monoisotopic (exact) mass is 490 g/mol. The van der Waals surface area contributed by atoms with Crippen LogP contribution >= 0.6 is 23.2 Å². The summed E-state index contributed by atoms with van der Waals surface area (Å²) in [5.74, 6) is 1.40. The van der Waals surface area contributed by atoms with Crippen LogP contribution in [-0.4, -0.2) is 82.3 Å². The number of aryl methyl sites for hydroxylation is 1. The fraction of sp³-hybridized carbons (Fsp3) is 0.455. The van der Waals surface area contributed by atoms with Crippen LogP contribution in [0.5, 0.6) is 0 Å². The first kappa shape index (κ1) is 23.5. The van der Waals surface area contributed by atoms with E-state index in [1.165, 1.54) is 0 Å². The zero-order valence-electron chi connectivity index (χ0n) is 19.2. The van der Waals surface area contributed by atoms with Crippen molar-refractivity contribution in [3.63, 3.8) is 0 Å². The number of halogens is 2. The number of hydrogen-bond donors (Lipinski definition) is 1. The highest BCUT2D eigenvalue weighted by Crippen LogP contribution is 2.30. The Balaban J connectivity index is 1.57. The molecule has 0 radical (unpaired) electrons. The largest absolute Gasteiger partial charge is 0.361 e. The van der Waals surface area contributed by atoms with Crippen LogP contribution in [0.3, 0.4) is 0 Å². The molecule has 176 valence electrons. The van der Waals surface area contributed by atoms with Crippen molar-refractivity contribution in [1.29, 1.82) is 0 Å². The van der Waals surface area contributed by atoms with Gasteiger partial charge in [-0.1, -0.05) is 29.3 Å². The summed E-state index contributed by atoms with van der Waals surface area (Å²) in [6.45, 7) is 5.05. The number of carbonyl (C=O) groups excluding carboxylic acids is 1. The van der Waals surface area contributed by atoms with E-state index >= 15 is 0 Å². The van der Waals surface area contributed by atoms with Crippen molar-refractivity contribution >= 4 is 51.9 Å². The number of benzene rings is 1. The molecule has 33 heavy (non-hydrogen) atoms. The number of carbonyl (C=O) groups is 1. The van der Waals surface area contributed by atoms with Crippen molar-refractivity contribution in [1.82, 2.24) is 29.5 Å². The molecule has 0 spiro atoms. The average molecular weight is 491 g/mol. The zero-order chi connectivity index (χ0) is 23.7. The van der Waals surface area contributed by atoms with E-state index in [1.807, 2.05) is 56.2 Å². The van der Waals surface area contributed by atoms with Crippen LogP contribution in [0, 0.1) is 0 Å². The first-order chi connectivity index (χ1) is 15.7. The summed E-state index contributed by atoms with van der Waals surface area (Å²) in [5, 5.41) is 9.18.